The smallest absolute Gasteiger partial charge is 0.407 e. The van der Waals surface area contributed by atoms with Gasteiger partial charge in [0, 0.05) is 12.2 Å². The van der Waals surface area contributed by atoms with Crippen LogP contribution in [0.3, 0.4) is 0 Å². The molecule has 2 atom stereocenters. The molecule has 5 nitrogen and oxygen atoms in total. The first-order valence-electron chi connectivity index (χ1n) is 9.59. The van der Waals surface area contributed by atoms with Gasteiger partial charge < -0.3 is 15.2 Å². The molecule has 0 aliphatic rings. The number of carbonyl (C=O) groups is 1. The summed E-state index contributed by atoms with van der Waals surface area (Å²) in [7, 11) is 0. The number of nitrogens with one attached hydrogen (secondary N) is 1. The standard InChI is InChI=1S/C23H25N2O3S/c26-21(12-11-18-7-3-1-4-8-18)14-20(13-19-9-5-2-6-10-19)25-23(27)28-16-22-15-24-17-29-22/h1-10,12,15,17,20-21,26H,11,13-14,16H2,(H,25,27)/t20-,21-/m0/s1. The zero-order valence-corrected chi connectivity index (χ0v) is 16.9. The van der Waals surface area contributed by atoms with E-state index in [4.69, 9.17) is 4.74 Å². The van der Waals surface area contributed by atoms with Crippen LogP contribution in [0.1, 0.15) is 22.4 Å². The molecular weight excluding hydrogens is 384 g/mol. The third kappa shape index (κ3) is 7.68. The van der Waals surface area contributed by atoms with E-state index in [1.54, 1.807) is 11.7 Å². The minimum Gasteiger partial charge on any atom is -0.444 e. The summed E-state index contributed by atoms with van der Waals surface area (Å²) < 4.78 is 5.29. The van der Waals surface area contributed by atoms with Gasteiger partial charge in [0.25, 0.3) is 0 Å². The molecule has 0 aliphatic heterocycles. The van der Waals surface area contributed by atoms with Crippen LogP contribution in [0.15, 0.2) is 72.4 Å². The monoisotopic (exact) mass is 409 g/mol. The molecule has 0 fully saturated rings. The number of aromatic nitrogens is 1. The van der Waals surface area contributed by atoms with Gasteiger partial charge in [0.15, 0.2) is 0 Å². The molecule has 2 N–H and O–H groups in total. The summed E-state index contributed by atoms with van der Waals surface area (Å²) in [5.74, 6) is 0. The first kappa shape index (κ1) is 21.0. The minimum absolute atomic E-state index is 0.192. The lowest BCUT2D eigenvalue weighted by atomic mass is 9.97. The number of carbonyl (C=O) groups excluding carboxylic acids is 1. The Balaban J connectivity index is 1.53. The topological polar surface area (TPSA) is 71.5 Å². The highest BCUT2D eigenvalue weighted by molar-refractivity contribution is 7.09. The van der Waals surface area contributed by atoms with E-state index in [2.05, 4.69) is 10.3 Å². The molecule has 0 bridgehead atoms. The van der Waals surface area contributed by atoms with Gasteiger partial charge in [-0.05, 0) is 36.8 Å². The SMILES string of the molecule is O=C(N[C@@H](Cc1ccccc1)C[C@@H](O)[CH]Cc1ccccc1)OCc1cncs1. The fraction of sp³-hybridized carbons (Fsp3) is 0.261. The molecule has 0 aliphatic carbocycles. The molecule has 0 spiro atoms. The summed E-state index contributed by atoms with van der Waals surface area (Å²) in [6, 6.07) is 19.7. The molecule has 29 heavy (non-hydrogen) atoms. The summed E-state index contributed by atoms with van der Waals surface area (Å²) in [5, 5.41) is 13.4. The molecule has 0 saturated heterocycles. The Hall–Kier alpha value is -2.70. The molecule has 3 rings (SSSR count). The van der Waals surface area contributed by atoms with E-state index in [9.17, 15) is 9.90 Å². The molecule has 1 amide bonds. The van der Waals surface area contributed by atoms with Crippen LogP contribution in [0, 0.1) is 6.42 Å². The maximum absolute atomic E-state index is 12.3. The Morgan fingerprint density at radius 2 is 1.79 bits per heavy atom. The van der Waals surface area contributed by atoms with Crippen LogP contribution in [0.25, 0.3) is 0 Å². The van der Waals surface area contributed by atoms with Gasteiger partial charge >= 0.3 is 6.09 Å². The van der Waals surface area contributed by atoms with E-state index < -0.39 is 12.2 Å². The van der Waals surface area contributed by atoms with Crippen molar-refractivity contribution in [3.8, 4) is 0 Å². The number of alkyl carbamates (subject to hydrolysis) is 1. The third-order valence-electron chi connectivity index (χ3n) is 4.47. The lowest BCUT2D eigenvalue weighted by Gasteiger charge is -2.21. The number of hydrogen-bond acceptors (Lipinski definition) is 5. The van der Waals surface area contributed by atoms with E-state index in [0.29, 0.717) is 19.3 Å². The van der Waals surface area contributed by atoms with Gasteiger partial charge in [-0.3, -0.25) is 4.98 Å². The Morgan fingerprint density at radius 1 is 1.10 bits per heavy atom. The van der Waals surface area contributed by atoms with Crippen molar-refractivity contribution in [1.82, 2.24) is 10.3 Å². The van der Waals surface area contributed by atoms with Crippen molar-refractivity contribution in [3.63, 3.8) is 0 Å². The molecule has 0 saturated carbocycles. The van der Waals surface area contributed by atoms with Crippen LogP contribution < -0.4 is 5.32 Å². The van der Waals surface area contributed by atoms with E-state index in [1.807, 2.05) is 67.1 Å². The summed E-state index contributed by atoms with van der Waals surface area (Å²) >= 11 is 1.44. The number of benzene rings is 2. The Labute approximate surface area is 175 Å². The molecule has 0 unspecified atom stereocenters. The number of nitrogens with zero attached hydrogens (tertiary/aromatic N) is 1. The molecule has 151 valence electrons. The van der Waals surface area contributed by atoms with Gasteiger partial charge in [-0.25, -0.2) is 4.79 Å². The molecule has 3 aromatic rings. The fourth-order valence-electron chi connectivity index (χ4n) is 3.02. The number of aliphatic hydroxyl groups is 1. The Kier molecular flexibility index (Phi) is 8.22. The van der Waals surface area contributed by atoms with Crippen molar-refractivity contribution in [2.45, 2.75) is 38.0 Å². The molecule has 1 radical (unpaired) electrons. The van der Waals surface area contributed by atoms with E-state index >= 15 is 0 Å². The maximum Gasteiger partial charge on any atom is 0.407 e. The first-order chi connectivity index (χ1) is 14.2. The van der Waals surface area contributed by atoms with Crippen LogP contribution in [-0.2, 0) is 24.2 Å². The number of ether oxygens (including phenoxy) is 1. The van der Waals surface area contributed by atoms with Crippen molar-refractivity contribution < 1.29 is 14.6 Å². The Bertz CT molecular complexity index is 841. The van der Waals surface area contributed by atoms with Gasteiger partial charge in [0.1, 0.15) is 6.61 Å². The second-order valence-corrected chi connectivity index (χ2v) is 7.77. The third-order valence-corrected chi connectivity index (χ3v) is 5.22. The van der Waals surface area contributed by atoms with Gasteiger partial charge in [-0.1, -0.05) is 60.7 Å². The number of hydrogen-bond donors (Lipinski definition) is 2. The summed E-state index contributed by atoms with van der Waals surface area (Å²) in [6.45, 7) is 0.192. The van der Waals surface area contributed by atoms with Gasteiger partial charge in [0.2, 0.25) is 0 Å². The van der Waals surface area contributed by atoms with Crippen LogP contribution in [0.2, 0.25) is 0 Å². The number of thiazole rings is 1. The normalized spacial score (nSPS) is 12.9. The quantitative estimate of drug-likeness (QED) is 0.527. The maximum atomic E-state index is 12.3. The predicted octanol–water partition coefficient (Wildman–Crippen LogP) is 4.18. The zero-order valence-electron chi connectivity index (χ0n) is 16.1. The lowest BCUT2D eigenvalue weighted by Crippen LogP contribution is -2.39. The van der Waals surface area contributed by atoms with Crippen molar-refractivity contribution in [2.75, 3.05) is 0 Å². The van der Waals surface area contributed by atoms with E-state index in [0.717, 1.165) is 16.0 Å². The average Bonchev–Trinajstić information content (AvgIpc) is 3.26. The van der Waals surface area contributed by atoms with Crippen molar-refractivity contribution in [2.24, 2.45) is 0 Å². The number of aliphatic hydroxyl groups excluding tert-OH is 1. The fourth-order valence-corrected chi connectivity index (χ4v) is 3.53. The highest BCUT2D eigenvalue weighted by Gasteiger charge is 2.19. The van der Waals surface area contributed by atoms with Crippen LogP contribution in [0.4, 0.5) is 4.79 Å². The highest BCUT2D eigenvalue weighted by Crippen LogP contribution is 2.13. The molecule has 1 aromatic heterocycles. The zero-order chi connectivity index (χ0) is 20.3. The van der Waals surface area contributed by atoms with Crippen LogP contribution >= 0.6 is 11.3 Å². The second-order valence-electron chi connectivity index (χ2n) is 6.80. The summed E-state index contributed by atoms with van der Waals surface area (Å²) in [5.41, 5.74) is 3.94. The second kappa shape index (κ2) is 11.3. The van der Waals surface area contributed by atoms with Crippen molar-refractivity contribution in [3.05, 3.63) is 94.8 Å². The van der Waals surface area contributed by atoms with Crippen LogP contribution in [-0.4, -0.2) is 28.3 Å². The lowest BCUT2D eigenvalue weighted by molar-refractivity contribution is 0.129. The van der Waals surface area contributed by atoms with Crippen LogP contribution in [0.5, 0.6) is 0 Å². The average molecular weight is 410 g/mol. The predicted molar refractivity (Wildman–Crippen MR) is 114 cm³/mol. The van der Waals surface area contributed by atoms with Crippen molar-refractivity contribution in [1.29, 1.82) is 0 Å². The molecule has 1 heterocycles. The van der Waals surface area contributed by atoms with Gasteiger partial charge in [-0.15, -0.1) is 11.3 Å². The highest BCUT2D eigenvalue weighted by atomic mass is 32.1. The minimum atomic E-state index is -0.634. The molecular formula is C23H25N2O3S. The number of rotatable bonds is 10. The molecule has 2 aromatic carbocycles. The summed E-state index contributed by atoms with van der Waals surface area (Å²) in [6.07, 6.45) is 4.14. The largest absolute Gasteiger partial charge is 0.444 e. The van der Waals surface area contributed by atoms with Crippen molar-refractivity contribution >= 4 is 17.4 Å². The summed E-state index contributed by atoms with van der Waals surface area (Å²) in [4.78, 5) is 17.1. The molecule has 6 heteroatoms. The van der Waals surface area contributed by atoms with Gasteiger partial charge in [-0.2, -0.15) is 0 Å². The first-order valence-corrected chi connectivity index (χ1v) is 10.5. The van der Waals surface area contributed by atoms with E-state index in [1.165, 1.54) is 11.3 Å². The van der Waals surface area contributed by atoms with E-state index in [-0.39, 0.29) is 12.6 Å². The van der Waals surface area contributed by atoms with Gasteiger partial charge in [0.05, 0.1) is 16.5 Å². The number of amides is 1. The Morgan fingerprint density at radius 3 is 2.45 bits per heavy atom.